The quantitative estimate of drug-likeness (QED) is 0.909. The summed E-state index contributed by atoms with van der Waals surface area (Å²) in [6, 6.07) is 1.71. The van der Waals surface area contributed by atoms with E-state index in [1.807, 2.05) is 6.92 Å². The van der Waals surface area contributed by atoms with Crippen molar-refractivity contribution < 1.29 is 8.78 Å². The number of nitrogen functional groups attached to an aromatic ring is 1. The van der Waals surface area contributed by atoms with Gasteiger partial charge in [-0.25, -0.2) is 18.7 Å². The molecule has 2 aromatic rings. The van der Waals surface area contributed by atoms with Crippen LogP contribution in [0.2, 0.25) is 0 Å². The number of aryl methyl sites for hydroxylation is 1. The molecular formula is C12H12F2N4. The number of nitrogens with zero attached hydrogens (tertiary/aromatic N) is 3. The molecule has 0 aliphatic carbocycles. The van der Waals surface area contributed by atoms with Crippen molar-refractivity contribution in [1.29, 1.82) is 0 Å². The molecule has 0 aromatic carbocycles. The minimum Gasteiger partial charge on any atom is -0.396 e. The van der Waals surface area contributed by atoms with Gasteiger partial charge in [-0.2, -0.15) is 0 Å². The van der Waals surface area contributed by atoms with Gasteiger partial charge in [-0.1, -0.05) is 6.92 Å². The monoisotopic (exact) mass is 250 g/mol. The van der Waals surface area contributed by atoms with Crippen LogP contribution in [0.15, 0.2) is 24.7 Å². The molecule has 0 amide bonds. The Kier molecular flexibility index (Phi) is 3.45. The van der Waals surface area contributed by atoms with Crippen LogP contribution in [0.25, 0.3) is 11.4 Å². The predicted molar refractivity (Wildman–Crippen MR) is 64.0 cm³/mol. The van der Waals surface area contributed by atoms with Crippen LogP contribution < -0.4 is 5.73 Å². The zero-order valence-corrected chi connectivity index (χ0v) is 9.77. The van der Waals surface area contributed by atoms with E-state index in [4.69, 9.17) is 5.73 Å². The lowest BCUT2D eigenvalue weighted by Gasteiger charge is -2.08. The molecule has 6 heteroatoms. The van der Waals surface area contributed by atoms with Crippen LogP contribution in [0.5, 0.6) is 0 Å². The minimum absolute atomic E-state index is 0.0964. The van der Waals surface area contributed by atoms with Crippen molar-refractivity contribution in [3.63, 3.8) is 0 Å². The highest BCUT2D eigenvalue weighted by Gasteiger charge is 2.16. The molecule has 2 N–H and O–H groups in total. The van der Waals surface area contributed by atoms with E-state index in [9.17, 15) is 8.78 Å². The molecule has 2 heterocycles. The summed E-state index contributed by atoms with van der Waals surface area (Å²) in [4.78, 5) is 11.8. The minimum atomic E-state index is -2.71. The van der Waals surface area contributed by atoms with Gasteiger partial charge in [0, 0.05) is 18.0 Å². The fourth-order valence-electron chi connectivity index (χ4n) is 1.64. The summed E-state index contributed by atoms with van der Waals surface area (Å²) >= 11 is 0. The molecule has 0 saturated heterocycles. The first-order valence-electron chi connectivity index (χ1n) is 5.47. The molecule has 0 fully saturated rings. The molecule has 0 saturated carbocycles. The normalized spacial score (nSPS) is 10.9. The smallest absolute Gasteiger partial charge is 0.282 e. The average molecular weight is 250 g/mol. The summed E-state index contributed by atoms with van der Waals surface area (Å²) in [5, 5.41) is 0. The number of anilines is 1. The lowest BCUT2D eigenvalue weighted by Crippen LogP contribution is -2.03. The van der Waals surface area contributed by atoms with Crippen molar-refractivity contribution in [2.75, 3.05) is 5.73 Å². The Morgan fingerprint density at radius 3 is 2.78 bits per heavy atom. The Labute approximate surface area is 103 Å². The highest BCUT2D eigenvalue weighted by molar-refractivity contribution is 5.60. The first kappa shape index (κ1) is 12.3. The largest absolute Gasteiger partial charge is 0.396 e. The molecule has 0 aliphatic heterocycles. The van der Waals surface area contributed by atoms with Crippen LogP contribution in [0, 0.1) is 0 Å². The highest BCUT2D eigenvalue weighted by atomic mass is 19.3. The lowest BCUT2D eigenvalue weighted by molar-refractivity contribution is 0.147. The molecular weight excluding hydrogens is 238 g/mol. The molecule has 94 valence electrons. The third kappa shape index (κ3) is 2.27. The van der Waals surface area contributed by atoms with Gasteiger partial charge in [0.2, 0.25) is 0 Å². The fraction of sp³-hybridized carbons (Fsp3) is 0.250. The van der Waals surface area contributed by atoms with Gasteiger partial charge in [-0.05, 0) is 18.1 Å². The standard InChI is InChI=1S/C12H12F2N4/c1-2-7-5-16-4-3-8(7)12-17-6-9(15)10(18-12)11(13)14/h3-6,11H,2,15H2,1H3. The number of aromatic nitrogens is 3. The van der Waals surface area contributed by atoms with Gasteiger partial charge < -0.3 is 5.73 Å². The Bertz CT molecular complexity index is 558. The molecule has 0 atom stereocenters. The summed E-state index contributed by atoms with van der Waals surface area (Å²) in [7, 11) is 0. The molecule has 0 radical (unpaired) electrons. The van der Waals surface area contributed by atoms with E-state index < -0.39 is 12.1 Å². The van der Waals surface area contributed by atoms with Crippen LogP contribution >= 0.6 is 0 Å². The van der Waals surface area contributed by atoms with Gasteiger partial charge in [0.1, 0.15) is 5.69 Å². The Hall–Kier alpha value is -2.11. The maximum atomic E-state index is 12.7. The molecule has 2 rings (SSSR count). The van der Waals surface area contributed by atoms with Gasteiger partial charge in [0.15, 0.2) is 5.82 Å². The number of hydrogen-bond donors (Lipinski definition) is 1. The maximum absolute atomic E-state index is 12.7. The van der Waals surface area contributed by atoms with E-state index in [-0.39, 0.29) is 11.5 Å². The number of alkyl halides is 2. The van der Waals surface area contributed by atoms with E-state index in [1.54, 1.807) is 18.5 Å². The van der Waals surface area contributed by atoms with Gasteiger partial charge in [0.25, 0.3) is 6.43 Å². The van der Waals surface area contributed by atoms with E-state index >= 15 is 0 Å². The molecule has 0 aliphatic rings. The Morgan fingerprint density at radius 2 is 2.11 bits per heavy atom. The number of rotatable bonds is 3. The second kappa shape index (κ2) is 5.03. The van der Waals surface area contributed by atoms with Crippen LogP contribution in [0.3, 0.4) is 0 Å². The van der Waals surface area contributed by atoms with E-state index in [1.165, 1.54) is 6.20 Å². The second-order valence-corrected chi connectivity index (χ2v) is 3.72. The number of hydrogen-bond acceptors (Lipinski definition) is 4. The summed E-state index contributed by atoms with van der Waals surface area (Å²) in [6.07, 6.45) is 2.48. The first-order chi connectivity index (χ1) is 8.63. The van der Waals surface area contributed by atoms with E-state index in [0.29, 0.717) is 5.56 Å². The van der Waals surface area contributed by atoms with Crippen molar-refractivity contribution in [3.8, 4) is 11.4 Å². The Balaban J connectivity index is 2.54. The van der Waals surface area contributed by atoms with Gasteiger partial charge in [-0.15, -0.1) is 0 Å². The number of pyridine rings is 1. The summed E-state index contributed by atoms with van der Waals surface area (Å²) in [5.74, 6) is 0.249. The van der Waals surface area contributed by atoms with Crippen LogP contribution in [-0.4, -0.2) is 15.0 Å². The van der Waals surface area contributed by atoms with Crippen molar-refractivity contribution >= 4 is 5.69 Å². The number of nitrogens with two attached hydrogens (primary N) is 1. The van der Waals surface area contributed by atoms with Gasteiger partial charge >= 0.3 is 0 Å². The van der Waals surface area contributed by atoms with Crippen molar-refractivity contribution in [1.82, 2.24) is 15.0 Å². The van der Waals surface area contributed by atoms with Crippen LogP contribution in [0.4, 0.5) is 14.5 Å². The fourth-order valence-corrected chi connectivity index (χ4v) is 1.64. The zero-order chi connectivity index (χ0) is 13.1. The third-order valence-corrected chi connectivity index (χ3v) is 2.58. The summed E-state index contributed by atoms with van der Waals surface area (Å²) < 4.78 is 25.4. The SMILES string of the molecule is CCc1cnccc1-c1ncc(N)c(C(F)F)n1. The summed E-state index contributed by atoms with van der Waals surface area (Å²) in [5.41, 5.74) is 6.50. The molecule has 18 heavy (non-hydrogen) atoms. The van der Waals surface area contributed by atoms with Crippen molar-refractivity contribution in [2.45, 2.75) is 19.8 Å². The lowest BCUT2D eigenvalue weighted by atomic mass is 10.1. The maximum Gasteiger partial charge on any atom is 0.282 e. The average Bonchev–Trinajstić information content (AvgIpc) is 2.39. The molecule has 2 aromatic heterocycles. The topological polar surface area (TPSA) is 64.7 Å². The second-order valence-electron chi connectivity index (χ2n) is 3.72. The predicted octanol–water partition coefficient (Wildman–Crippen LogP) is 2.62. The van der Waals surface area contributed by atoms with Crippen molar-refractivity contribution in [3.05, 3.63) is 35.9 Å². The zero-order valence-electron chi connectivity index (χ0n) is 9.77. The molecule has 0 bridgehead atoms. The van der Waals surface area contributed by atoms with Gasteiger partial charge in [-0.3, -0.25) is 4.98 Å². The molecule has 0 unspecified atom stereocenters. The van der Waals surface area contributed by atoms with Crippen LogP contribution in [0.1, 0.15) is 24.6 Å². The highest BCUT2D eigenvalue weighted by Crippen LogP contribution is 2.26. The first-order valence-corrected chi connectivity index (χ1v) is 5.47. The Morgan fingerprint density at radius 1 is 1.33 bits per heavy atom. The third-order valence-electron chi connectivity index (χ3n) is 2.58. The van der Waals surface area contributed by atoms with Gasteiger partial charge in [0.05, 0.1) is 11.9 Å². The molecule has 0 spiro atoms. The van der Waals surface area contributed by atoms with E-state index in [2.05, 4.69) is 15.0 Å². The number of halogens is 2. The summed E-state index contributed by atoms with van der Waals surface area (Å²) in [6.45, 7) is 1.95. The van der Waals surface area contributed by atoms with Crippen molar-refractivity contribution in [2.24, 2.45) is 0 Å². The van der Waals surface area contributed by atoms with Crippen LogP contribution in [-0.2, 0) is 6.42 Å². The van der Waals surface area contributed by atoms with E-state index in [0.717, 1.165) is 12.0 Å². The molecule has 4 nitrogen and oxygen atoms in total.